The van der Waals surface area contributed by atoms with E-state index in [0.29, 0.717) is 29.2 Å². The van der Waals surface area contributed by atoms with Gasteiger partial charge >= 0.3 is 5.97 Å². The van der Waals surface area contributed by atoms with Crippen molar-refractivity contribution in [2.75, 3.05) is 7.11 Å². The predicted molar refractivity (Wildman–Crippen MR) is 132 cm³/mol. The van der Waals surface area contributed by atoms with Crippen LogP contribution in [-0.2, 0) is 28.9 Å². The standard InChI is InChI=1S/C28H28N2O4/c1-4-24-23(16-27(29)31)22-15-20(34-26-12-8-11-21(18(26)2)28(32)33-3)13-14-25(22)30(24)17-19-9-6-5-7-10-19/h5-15H,4,16-17H2,1-3H3,(H2,29,31). The van der Waals surface area contributed by atoms with Crippen molar-refractivity contribution in [1.82, 2.24) is 4.57 Å². The molecule has 4 aromatic rings. The molecule has 0 saturated carbocycles. The molecule has 0 spiro atoms. The first-order chi connectivity index (χ1) is 16.4. The number of rotatable bonds is 8. The van der Waals surface area contributed by atoms with E-state index in [4.69, 9.17) is 15.2 Å². The zero-order valence-corrected chi connectivity index (χ0v) is 19.6. The predicted octanol–water partition coefficient (Wildman–Crippen LogP) is 5.17. The van der Waals surface area contributed by atoms with Gasteiger partial charge < -0.3 is 19.8 Å². The molecule has 0 fully saturated rings. The lowest BCUT2D eigenvalue weighted by molar-refractivity contribution is -0.117. The Morgan fingerprint density at radius 3 is 2.44 bits per heavy atom. The average Bonchev–Trinajstić information content (AvgIpc) is 3.11. The number of benzene rings is 3. The Morgan fingerprint density at radius 1 is 1.00 bits per heavy atom. The molecule has 2 N–H and O–H groups in total. The van der Waals surface area contributed by atoms with Crippen LogP contribution in [0.4, 0.5) is 0 Å². The van der Waals surface area contributed by atoms with Crippen molar-refractivity contribution in [3.63, 3.8) is 0 Å². The number of aromatic nitrogens is 1. The second-order valence-electron chi connectivity index (χ2n) is 8.19. The first-order valence-electron chi connectivity index (χ1n) is 11.2. The Balaban J connectivity index is 1.80. The van der Waals surface area contributed by atoms with Gasteiger partial charge in [-0.2, -0.15) is 0 Å². The number of carbonyl (C=O) groups excluding carboxylic acids is 2. The molecule has 1 amide bonds. The van der Waals surface area contributed by atoms with Crippen LogP contribution in [0.15, 0.2) is 66.7 Å². The van der Waals surface area contributed by atoms with Crippen LogP contribution < -0.4 is 10.5 Å². The molecular weight excluding hydrogens is 428 g/mol. The molecule has 1 heterocycles. The number of methoxy groups -OCH3 is 1. The van der Waals surface area contributed by atoms with Crippen LogP contribution >= 0.6 is 0 Å². The summed E-state index contributed by atoms with van der Waals surface area (Å²) in [5.74, 6) is 0.398. The van der Waals surface area contributed by atoms with Gasteiger partial charge in [0, 0.05) is 28.7 Å². The topological polar surface area (TPSA) is 83.6 Å². The van der Waals surface area contributed by atoms with Gasteiger partial charge in [-0.15, -0.1) is 0 Å². The maximum absolute atomic E-state index is 12.1. The summed E-state index contributed by atoms with van der Waals surface area (Å²) in [6.45, 7) is 4.60. The Bertz CT molecular complexity index is 1360. The number of esters is 1. The number of amides is 1. The largest absolute Gasteiger partial charge is 0.465 e. The van der Waals surface area contributed by atoms with Gasteiger partial charge in [-0.1, -0.05) is 43.3 Å². The third-order valence-corrected chi connectivity index (χ3v) is 6.04. The molecule has 0 aliphatic heterocycles. The molecule has 0 radical (unpaired) electrons. The Morgan fingerprint density at radius 2 is 1.76 bits per heavy atom. The zero-order valence-electron chi connectivity index (χ0n) is 19.6. The number of hydrogen-bond donors (Lipinski definition) is 1. The molecule has 4 rings (SSSR count). The van der Waals surface area contributed by atoms with Crippen molar-refractivity contribution in [2.45, 2.75) is 33.2 Å². The molecule has 1 aromatic heterocycles. The van der Waals surface area contributed by atoms with Crippen molar-refractivity contribution in [3.8, 4) is 11.5 Å². The summed E-state index contributed by atoms with van der Waals surface area (Å²) < 4.78 is 13.3. The van der Waals surface area contributed by atoms with E-state index in [-0.39, 0.29) is 12.3 Å². The highest BCUT2D eigenvalue weighted by molar-refractivity contribution is 5.92. The van der Waals surface area contributed by atoms with Gasteiger partial charge in [-0.05, 0) is 54.8 Å². The van der Waals surface area contributed by atoms with Gasteiger partial charge in [0.2, 0.25) is 5.91 Å². The molecule has 0 bridgehead atoms. The Kier molecular flexibility index (Phi) is 6.68. The lowest BCUT2D eigenvalue weighted by Gasteiger charge is -2.12. The van der Waals surface area contributed by atoms with Gasteiger partial charge in [0.05, 0.1) is 19.1 Å². The lowest BCUT2D eigenvalue weighted by atomic mass is 10.1. The first kappa shape index (κ1) is 23.1. The minimum Gasteiger partial charge on any atom is -0.465 e. The number of fused-ring (bicyclic) bond motifs is 1. The second-order valence-corrected chi connectivity index (χ2v) is 8.19. The number of nitrogens with zero attached hydrogens (tertiary/aromatic N) is 1. The molecular formula is C28H28N2O4. The molecule has 0 aliphatic carbocycles. The van der Waals surface area contributed by atoms with E-state index in [1.54, 1.807) is 12.1 Å². The number of carbonyl (C=O) groups is 2. The molecule has 34 heavy (non-hydrogen) atoms. The lowest BCUT2D eigenvalue weighted by Crippen LogP contribution is -2.15. The Labute approximate surface area is 198 Å². The normalized spacial score (nSPS) is 10.9. The summed E-state index contributed by atoms with van der Waals surface area (Å²) in [7, 11) is 1.36. The van der Waals surface area contributed by atoms with Crippen LogP contribution in [0.1, 0.15) is 39.7 Å². The van der Waals surface area contributed by atoms with Crippen LogP contribution in [0.5, 0.6) is 11.5 Å². The van der Waals surface area contributed by atoms with E-state index in [1.807, 2.05) is 49.4 Å². The maximum atomic E-state index is 12.1. The zero-order chi connectivity index (χ0) is 24.2. The smallest absolute Gasteiger partial charge is 0.338 e. The summed E-state index contributed by atoms with van der Waals surface area (Å²) in [5, 5.41) is 0.936. The van der Waals surface area contributed by atoms with Gasteiger partial charge in [0.1, 0.15) is 11.5 Å². The fourth-order valence-corrected chi connectivity index (χ4v) is 4.42. The molecule has 0 saturated heterocycles. The number of primary amides is 1. The quantitative estimate of drug-likeness (QED) is 0.371. The van der Waals surface area contributed by atoms with Gasteiger partial charge in [-0.25, -0.2) is 4.79 Å². The van der Waals surface area contributed by atoms with Crippen LogP contribution in [0.25, 0.3) is 10.9 Å². The van der Waals surface area contributed by atoms with Gasteiger partial charge in [0.15, 0.2) is 0 Å². The monoisotopic (exact) mass is 456 g/mol. The van der Waals surface area contributed by atoms with E-state index in [0.717, 1.165) is 28.6 Å². The Hall–Kier alpha value is -4.06. The maximum Gasteiger partial charge on any atom is 0.338 e. The second kappa shape index (κ2) is 9.83. The molecule has 6 heteroatoms. The van der Waals surface area contributed by atoms with Crippen LogP contribution in [0, 0.1) is 6.92 Å². The molecule has 0 atom stereocenters. The fraction of sp³-hybridized carbons (Fsp3) is 0.214. The molecule has 6 nitrogen and oxygen atoms in total. The third kappa shape index (κ3) is 4.53. The number of hydrogen-bond acceptors (Lipinski definition) is 4. The van der Waals surface area contributed by atoms with Crippen LogP contribution in [0.3, 0.4) is 0 Å². The summed E-state index contributed by atoms with van der Waals surface area (Å²) >= 11 is 0. The van der Waals surface area contributed by atoms with Crippen molar-refractivity contribution in [3.05, 3.63) is 94.7 Å². The van der Waals surface area contributed by atoms with Crippen molar-refractivity contribution >= 4 is 22.8 Å². The van der Waals surface area contributed by atoms with Crippen molar-refractivity contribution in [2.24, 2.45) is 5.73 Å². The highest BCUT2D eigenvalue weighted by Crippen LogP contribution is 2.34. The fourth-order valence-electron chi connectivity index (χ4n) is 4.42. The van der Waals surface area contributed by atoms with Gasteiger partial charge in [-0.3, -0.25) is 4.79 Å². The van der Waals surface area contributed by atoms with E-state index in [2.05, 4.69) is 23.6 Å². The summed E-state index contributed by atoms with van der Waals surface area (Å²) in [5.41, 5.74) is 11.0. The molecule has 3 aromatic carbocycles. The highest BCUT2D eigenvalue weighted by atomic mass is 16.5. The molecule has 0 aliphatic rings. The third-order valence-electron chi connectivity index (χ3n) is 6.04. The summed E-state index contributed by atoms with van der Waals surface area (Å²) in [6, 6.07) is 21.4. The molecule has 0 unspecified atom stereocenters. The summed E-state index contributed by atoms with van der Waals surface area (Å²) in [4.78, 5) is 24.0. The van der Waals surface area contributed by atoms with Crippen molar-refractivity contribution < 1.29 is 19.1 Å². The number of nitrogens with two attached hydrogens (primary N) is 1. The number of ether oxygens (including phenoxy) is 2. The van der Waals surface area contributed by atoms with E-state index in [1.165, 1.54) is 12.7 Å². The van der Waals surface area contributed by atoms with E-state index in [9.17, 15) is 9.59 Å². The van der Waals surface area contributed by atoms with Gasteiger partial charge in [0.25, 0.3) is 0 Å². The van der Waals surface area contributed by atoms with E-state index >= 15 is 0 Å². The molecule has 174 valence electrons. The van der Waals surface area contributed by atoms with Crippen molar-refractivity contribution in [1.29, 1.82) is 0 Å². The van der Waals surface area contributed by atoms with Crippen LogP contribution in [0.2, 0.25) is 0 Å². The SMILES string of the molecule is CCc1c(CC(N)=O)c2cc(Oc3cccc(C(=O)OC)c3C)ccc2n1Cc1ccccc1. The minimum atomic E-state index is -0.410. The summed E-state index contributed by atoms with van der Waals surface area (Å²) in [6.07, 6.45) is 0.919. The highest BCUT2D eigenvalue weighted by Gasteiger charge is 2.19. The minimum absolute atomic E-state index is 0.155. The van der Waals surface area contributed by atoms with E-state index < -0.39 is 5.97 Å². The average molecular weight is 457 g/mol. The first-order valence-corrected chi connectivity index (χ1v) is 11.2. The van der Waals surface area contributed by atoms with Crippen LogP contribution in [-0.4, -0.2) is 23.6 Å².